The zero-order valence-electron chi connectivity index (χ0n) is 17.6. The second kappa shape index (κ2) is 8.54. The first-order chi connectivity index (χ1) is 14.6. The van der Waals surface area contributed by atoms with Gasteiger partial charge in [-0.25, -0.2) is 4.98 Å². The second-order valence-corrected chi connectivity index (χ2v) is 7.56. The molecule has 0 amide bonds. The lowest BCUT2D eigenvalue weighted by Gasteiger charge is -2.21. The molecule has 4 aromatic rings. The first-order valence-electron chi connectivity index (χ1n) is 10.3. The van der Waals surface area contributed by atoms with Crippen molar-refractivity contribution < 1.29 is 9.84 Å². The molecule has 4 heteroatoms. The number of rotatable bonds is 6. The molecule has 1 unspecified atom stereocenters. The lowest BCUT2D eigenvalue weighted by Crippen LogP contribution is -2.08. The molecule has 2 aromatic carbocycles. The van der Waals surface area contributed by atoms with Crippen molar-refractivity contribution in [3.05, 3.63) is 94.9 Å². The van der Waals surface area contributed by atoms with Crippen molar-refractivity contribution in [3.63, 3.8) is 0 Å². The number of hydrogen-bond donors (Lipinski definition) is 1. The van der Waals surface area contributed by atoms with Crippen molar-refractivity contribution in [3.8, 4) is 11.5 Å². The van der Waals surface area contributed by atoms with Crippen molar-refractivity contribution in [2.45, 2.75) is 33.1 Å². The number of aryl methyl sites for hydroxylation is 2. The van der Waals surface area contributed by atoms with E-state index in [1.54, 1.807) is 6.20 Å². The Hall–Kier alpha value is -3.40. The maximum atomic E-state index is 11.2. The van der Waals surface area contributed by atoms with E-state index in [0.717, 1.165) is 39.2 Å². The monoisotopic (exact) mass is 398 g/mol. The quantitative estimate of drug-likeness (QED) is 0.451. The van der Waals surface area contributed by atoms with Crippen molar-refractivity contribution in [2.24, 2.45) is 0 Å². The first kappa shape index (κ1) is 19.9. The molecule has 1 atom stereocenters. The average Bonchev–Trinajstić information content (AvgIpc) is 2.75. The van der Waals surface area contributed by atoms with E-state index >= 15 is 0 Å². The van der Waals surface area contributed by atoms with E-state index in [9.17, 15) is 5.11 Å². The smallest absolute Gasteiger partial charge is 0.145 e. The molecule has 4 nitrogen and oxygen atoms in total. The van der Waals surface area contributed by atoms with Crippen molar-refractivity contribution in [1.82, 2.24) is 9.97 Å². The van der Waals surface area contributed by atoms with Gasteiger partial charge in [0.2, 0.25) is 0 Å². The van der Waals surface area contributed by atoms with Gasteiger partial charge in [0.05, 0.1) is 6.61 Å². The molecule has 2 aromatic heterocycles. The van der Waals surface area contributed by atoms with Gasteiger partial charge in [-0.3, -0.25) is 4.98 Å². The molecular weight excluding hydrogens is 372 g/mol. The third-order valence-electron chi connectivity index (χ3n) is 5.42. The van der Waals surface area contributed by atoms with Crippen LogP contribution in [0, 0.1) is 13.8 Å². The summed E-state index contributed by atoms with van der Waals surface area (Å²) in [5.74, 6) is 1.07. The van der Waals surface area contributed by atoms with Gasteiger partial charge in [-0.05, 0) is 56.2 Å². The predicted molar refractivity (Wildman–Crippen MR) is 120 cm³/mol. The summed E-state index contributed by atoms with van der Waals surface area (Å²) in [6, 6.07) is 20.2. The van der Waals surface area contributed by atoms with Crippen molar-refractivity contribution in [2.75, 3.05) is 6.61 Å². The van der Waals surface area contributed by atoms with E-state index in [4.69, 9.17) is 4.74 Å². The third kappa shape index (κ3) is 3.99. The van der Waals surface area contributed by atoms with Gasteiger partial charge in [0.25, 0.3) is 0 Å². The maximum Gasteiger partial charge on any atom is 0.145 e. The molecule has 0 saturated carbocycles. The maximum absolute atomic E-state index is 11.2. The topological polar surface area (TPSA) is 55.2 Å². The van der Waals surface area contributed by atoms with E-state index in [1.807, 2.05) is 62.4 Å². The molecule has 0 spiro atoms. The van der Waals surface area contributed by atoms with Gasteiger partial charge in [0.15, 0.2) is 0 Å². The summed E-state index contributed by atoms with van der Waals surface area (Å²) < 4.78 is 5.72. The zero-order chi connectivity index (χ0) is 21.1. The third-order valence-corrected chi connectivity index (χ3v) is 5.42. The summed E-state index contributed by atoms with van der Waals surface area (Å²) in [5, 5.41) is 12.1. The van der Waals surface area contributed by atoms with Gasteiger partial charge in [0, 0.05) is 40.9 Å². The van der Waals surface area contributed by atoms with E-state index in [1.165, 1.54) is 0 Å². The molecule has 0 aliphatic heterocycles. The predicted octanol–water partition coefficient (Wildman–Crippen LogP) is 5.73. The van der Waals surface area contributed by atoms with Crippen LogP contribution >= 0.6 is 0 Å². The van der Waals surface area contributed by atoms with Crippen LogP contribution in [0.15, 0.2) is 66.9 Å². The highest BCUT2D eigenvalue weighted by atomic mass is 16.5. The molecule has 0 radical (unpaired) electrons. The minimum atomic E-state index is -0.0546. The van der Waals surface area contributed by atoms with Crippen LogP contribution in [0.1, 0.15) is 40.9 Å². The largest absolute Gasteiger partial charge is 0.505 e. The van der Waals surface area contributed by atoms with Crippen LogP contribution in [0.2, 0.25) is 0 Å². The van der Waals surface area contributed by atoms with Crippen LogP contribution in [0.25, 0.3) is 10.9 Å². The number of aromatic nitrogens is 2. The fourth-order valence-electron chi connectivity index (χ4n) is 3.91. The number of hydrogen-bond acceptors (Lipinski definition) is 4. The van der Waals surface area contributed by atoms with Gasteiger partial charge in [-0.2, -0.15) is 0 Å². The molecule has 152 valence electrons. The fourth-order valence-corrected chi connectivity index (χ4v) is 3.91. The number of pyridine rings is 2. The Labute approximate surface area is 177 Å². The summed E-state index contributed by atoms with van der Waals surface area (Å²) in [7, 11) is 0. The van der Waals surface area contributed by atoms with Gasteiger partial charge < -0.3 is 9.84 Å². The number of benzene rings is 2. The van der Waals surface area contributed by atoms with Crippen molar-refractivity contribution >= 4 is 10.9 Å². The van der Waals surface area contributed by atoms with Crippen LogP contribution in [0.4, 0.5) is 0 Å². The molecule has 0 saturated heterocycles. The summed E-state index contributed by atoms with van der Waals surface area (Å²) in [6.07, 6.45) is 2.49. The Morgan fingerprint density at radius 1 is 1.00 bits per heavy atom. The second-order valence-electron chi connectivity index (χ2n) is 7.56. The molecule has 4 rings (SSSR count). The van der Waals surface area contributed by atoms with E-state index in [2.05, 4.69) is 29.0 Å². The molecule has 30 heavy (non-hydrogen) atoms. The standard InChI is InChI=1S/C26H26N2O2/c1-4-30-24-13-11-20(15-17(24)2)23(16-21-7-5-6-14-27-21)22-12-10-19-9-8-18(3)28-25(19)26(22)29/h5-15,23,29H,4,16H2,1-3H3. The van der Waals surface area contributed by atoms with E-state index < -0.39 is 0 Å². The van der Waals surface area contributed by atoms with Crippen LogP contribution < -0.4 is 4.74 Å². The number of fused-ring (bicyclic) bond motifs is 1. The molecular formula is C26H26N2O2. The number of phenolic OH excluding ortho intramolecular Hbond substituents is 1. The molecule has 0 aliphatic carbocycles. The summed E-state index contributed by atoms with van der Waals surface area (Å²) in [6.45, 7) is 6.61. The number of phenols is 1. The molecule has 0 bridgehead atoms. The van der Waals surface area contributed by atoms with Crippen molar-refractivity contribution in [1.29, 1.82) is 0 Å². The highest BCUT2D eigenvalue weighted by Crippen LogP contribution is 2.38. The number of ether oxygens (including phenoxy) is 1. The minimum Gasteiger partial charge on any atom is -0.505 e. The Morgan fingerprint density at radius 2 is 1.83 bits per heavy atom. The average molecular weight is 399 g/mol. The summed E-state index contributed by atoms with van der Waals surface area (Å²) in [5.41, 5.74) is 5.55. The molecule has 2 heterocycles. The Morgan fingerprint density at radius 3 is 2.57 bits per heavy atom. The lowest BCUT2D eigenvalue weighted by molar-refractivity contribution is 0.337. The lowest BCUT2D eigenvalue weighted by atomic mass is 9.85. The summed E-state index contributed by atoms with van der Waals surface area (Å²) >= 11 is 0. The van der Waals surface area contributed by atoms with Crippen LogP contribution in [0.3, 0.4) is 0 Å². The Bertz CT molecular complexity index is 1170. The van der Waals surface area contributed by atoms with Gasteiger partial charge in [-0.15, -0.1) is 0 Å². The van der Waals surface area contributed by atoms with Crippen LogP contribution in [-0.2, 0) is 6.42 Å². The Kier molecular flexibility index (Phi) is 5.66. The van der Waals surface area contributed by atoms with Gasteiger partial charge in [-0.1, -0.05) is 36.4 Å². The summed E-state index contributed by atoms with van der Waals surface area (Å²) in [4.78, 5) is 9.11. The minimum absolute atomic E-state index is 0.0546. The van der Waals surface area contributed by atoms with E-state index in [0.29, 0.717) is 18.5 Å². The molecule has 0 aliphatic rings. The number of nitrogens with zero attached hydrogens (tertiary/aromatic N) is 2. The highest BCUT2D eigenvalue weighted by molar-refractivity contribution is 5.86. The number of aromatic hydroxyl groups is 1. The molecule has 1 N–H and O–H groups in total. The van der Waals surface area contributed by atoms with E-state index in [-0.39, 0.29) is 11.7 Å². The SMILES string of the molecule is CCOc1ccc(C(Cc2ccccn2)c2ccc3ccc(C)nc3c2O)cc1C. The highest BCUT2D eigenvalue weighted by Gasteiger charge is 2.22. The Balaban J connectivity index is 1.84. The van der Waals surface area contributed by atoms with Crippen LogP contribution in [0.5, 0.6) is 11.5 Å². The van der Waals surface area contributed by atoms with Gasteiger partial charge in [0.1, 0.15) is 17.0 Å². The fraction of sp³-hybridized carbons (Fsp3) is 0.231. The molecule has 0 fully saturated rings. The van der Waals surface area contributed by atoms with Crippen LogP contribution in [-0.4, -0.2) is 21.7 Å². The van der Waals surface area contributed by atoms with Gasteiger partial charge >= 0.3 is 0 Å². The zero-order valence-corrected chi connectivity index (χ0v) is 17.6. The normalized spacial score (nSPS) is 12.1. The first-order valence-corrected chi connectivity index (χ1v) is 10.3.